The first kappa shape index (κ1) is 27.5. The minimum Gasteiger partial charge on any atom is -0.467 e. The van der Waals surface area contributed by atoms with Crippen molar-refractivity contribution in [2.45, 2.75) is 26.1 Å². The number of aromatic nitrogens is 1. The Morgan fingerprint density at radius 1 is 1.03 bits per heavy atom. The van der Waals surface area contributed by atoms with Gasteiger partial charge in [-0.15, -0.1) is 0 Å². The number of alkyl halides is 3. The van der Waals surface area contributed by atoms with Crippen LogP contribution >= 0.6 is 11.6 Å². The zero-order valence-corrected chi connectivity index (χ0v) is 20.5. The van der Waals surface area contributed by atoms with Crippen LogP contribution < -0.4 is 16.0 Å². The van der Waals surface area contributed by atoms with Gasteiger partial charge < -0.3 is 25.2 Å². The molecule has 0 saturated heterocycles. The lowest BCUT2D eigenvalue weighted by Gasteiger charge is -2.18. The molecule has 0 bridgehead atoms. The van der Waals surface area contributed by atoms with Crippen molar-refractivity contribution in [3.05, 3.63) is 64.9 Å². The van der Waals surface area contributed by atoms with Crippen LogP contribution in [0.15, 0.2) is 53.1 Å². The van der Waals surface area contributed by atoms with Crippen LogP contribution in [0.4, 0.5) is 29.3 Å². The van der Waals surface area contributed by atoms with Crippen molar-refractivity contribution in [3.63, 3.8) is 0 Å². The maximum absolute atomic E-state index is 12.8. The second-order valence-electron chi connectivity index (χ2n) is 8.14. The van der Waals surface area contributed by atoms with Gasteiger partial charge in [0.2, 0.25) is 5.76 Å². The monoisotopic (exact) mass is 538 g/mol. The van der Waals surface area contributed by atoms with Crippen LogP contribution in [0.3, 0.4) is 0 Å². The van der Waals surface area contributed by atoms with Gasteiger partial charge in [0, 0.05) is 17.3 Å². The van der Waals surface area contributed by atoms with Crippen molar-refractivity contribution in [2.75, 3.05) is 17.7 Å². The number of anilines is 2. The zero-order chi connectivity index (χ0) is 27.3. The quantitative estimate of drug-likeness (QED) is 0.337. The van der Waals surface area contributed by atoms with Gasteiger partial charge in [0.25, 0.3) is 5.91 Å². The van der Waals surface area contributed by atoms with Gasteiger partial charge in [-0.2, -0.15) is 13.2 Å². The van der Waals surface area contributed by atoms with E-state index in [2.05, 4.69) is 21.1 Å². The molecule has 0 spiro atoms. The van der Waals surface area contributed by atoms with E-state index in [1.807, 2.05) is 0 Å². The Morgan fingerprint density at radius 2 is 1.70 bits per heavy atom. The summed E-state index contributed by atoms with van der Waals surface area (Å²) < 4.78 is 48.1. The molecule has 9 nitrogen and oxygen atoms in total. The van der Waals surface area contributed by atoms with Crippen molar-refractivity contribution in [3.8, 4) is 11.3 Å². The van der Waals surface area contributed by atoms with E-state index >= 15 is 0 Å². The molecule has 0 saturated carbocycles. The van der Waals surface area contributed by atoms with Crippen LogP contribution in [-0.4, -0.2) is 36.2 Å². The molecule has 2 aromatic carbocycles. The van der Waals surface area contributed by atoms with Gasteiger partial charge in [-0.25, -0.2) is 9.59 Å². The number of carbonyl (C=O) groups excluding carboxylic acids is 3. The average Bonchev–Trinajstić information content (AvgIpc) is 3.33. The Labute approximate surface area is 214 Å². The summed E-state index contributed by atoms with van der Waals surface area (Å²) in [5, 5.41) is 11.0. The molecule has 1 atom stereocenters. The second-order valence-corrected chi connectivity index (χ2v) is 8.55. The van der Waals surface area contributed by atoms with Crippen molar-refractivity contribution in [1.82, 2.24) is 10.5 Å². The molecular weight excluding hydrogens is 517 g/mol. The molecule has 1 unspecified atom stereocenters. The molecule has 3 amide bonds. The molecule has 0 radical (unpaired) electrons. The van der Waals surface area contributed by atoms with Crippen molar-refractivity contribution >= 4 is 40.9 Å². The van der Waals surface area contributed by atoms with Gasteiger partial charge in [-0.05, 0) is 36.2 Å². The minimum atomic E-state index is -4.56. The van der Waals surface area contributed by atoms with Crippen LogP contribution in [0, 0.1) is 5.92 Å². The van der Waals surface area contributed by atoms with Gasteiger partial charge >= 0.3 is 18.2 Å². The van der Waals surface area contributed by atoms with Gasteiger partial charge in [0.05, 0.1) is 23.4 Å². The van der Waals surface area contributed by atoms with E-state index in [4.69, 9.17) is 20.9 Å². The van der Waals surface area contributed by atoms with E-state index in [-0.39, 0.29) is 22.4 Å². The zero-order valence-electron chi connectivity index (χ0n) is 19.8. The van der Waals surface area contributed by atoms with Crippen LogP contribution in [-0.2, 0) is 15.7 Å². The predicted octanol–water partition coefficient (Wildman–Crippen LogP) is 5.59. The van der Waals surface area contributed by atoms with Crippen LogP contribution in [0.5, 0.6) is 0 Å². The maximum Gasteiger partial charge on any atom is 0.416 e. The molecule has 1 aromatic heterocycles. The summed E-state index contributed by atoms with van der Waals surface area (Å²) in [5.74, 6) is -1.55. The van der Waals surface area contributed by atoms with Crippen molar-refractivity contribution in [1.29, 1.82) is 0 Å². The fraction of sp³-hybridized carbons (Fsp3) is 0.250. The highest BCUT2D eigenvalue weighted by Gasteiger charge is 2.31. The molecule has 13 heteroatoms. The van der Waals surface area contributed by atoms with Gasteiger partial charge in [-0.1, -0.05) is 42.7 Å². The SMILES string of the molecule is COC(=O)C(NC(=O)c1cc(-c2ccc(NC(=O)Nc3ccc(C(F)(F)F)cc3Cl)cc2)no1)C(C)C. The number of halogens is 4. The molecular formula is C24H22ClF3N4O5. The average molecular weight is 539 g/mol. The lowest BCUT2D eigenvalue weighted by molar-refractivity contribution is -0.144. The van der Waals surface area contributed by atoms with E-state index in [1.165, 1.54) is 13.2 Å². The number of nitrogens with zero attached hydrogens (tertiary/aromatic N) is 1. The lowest BCUT2D eigenvalue weighted by atomic mass is 10.0. The summed E-state index contributed by atoms with van der Waals surface area (Å²) in [4.78, 5) is 36.6. The Morgan fingerprint density at radius 3 is 2.27 bits per heavy atom. The maximum atomic E-state index is 12.8. The fourth-order valence-electron chi connectivity index (χ4n) is 3.16. The van der Waals surface area contributed by atoms with Crippen LogP contribution in [0.1, 0.15) is 30.0 Å². The first-order valence-corrected chi connectivity index (χ1v) is 11.2. The Kier molecular flexibility index (Phi) is 8.43. The molecule has 3 N–H and O–H groups in total. The van der Waals surface area contributed by atoms with Gasteiger partial charge in [-0.3, -0.25) is 4.79 Å². The van der Waals surface area contributed by atoms with E-state index in [0.717, 1.165) is 18.2 Å². The van der Waals surface area contributed by atoms with E-state index in [1.54, 1.807) is 38.1 Å². The molecule has 0 aliphatic carbocycles. The number of esters is 1. The first-order valence-electron chi connectivity index (χ1n) is 10.8. The molecule has 0 aliphatic rings. The third kappa shape index (κ3) is 7.00. The molecule has 1 heterocycles. The molecule has 0 fully saturated rings. The Hall–Kier alpha value is -4.06. The number of rotatable bonds is 7. The highest BCUT2D eigenvalue weighted by molar-refractivity contribution is 6.33. The fourth-order valence-corrected chi connectivity index (χ4v) is 3.38. The highest BCUT2D eigenvalue weighted by atomic mass is 35.5. The molecule has 3 aromatic rings. The third-order valence-electron chi connectivity index (χ3n) is 5.13. The first-order chi connectivity index (χ1) is 17.4. The Balaban J connectivity index is 1.63. The number of carbonyl (C=O) groups is 3. The summed E-state index contributed by atoms with van der Waals surface area (Å²) in [5.41, 5.74) is 0.327. The number of hydrogen-bond donors (Lipinski definition) is 3. The summed E-state index contributed by atoms with van der Waals surface area (Å²) in [6.45, 7) is 3.50. The molecule has 3 rings (SSSR count). The number of amides is 3. The minimum absolute atomic E-state index is 0.00379. The lowest BCUT2D eigenvalue weighted by Crippen LogP contribution is -2.44. The number of urea groups is 1. The molecule has 0 aliphatic heterocycles. The number of benzene rings is 2. The topological polar surface area (TPSA) is 123 Å². The number of methoxy groups -OCH3 is 1. The summed E-state index contributed by atoms with van der Waals surface area (Å²) in [7, 11) is 1.22. The number of ether oxygens (including phenoxy) is 1. The van der Waals surface area contributed by atoms with Gasteiger partial charge in [0.1, 0.15) is 11.7 Å². The standard InChI is InChI=1S/C24H22ClF3N4O5/c1-12(2)20(22(34)36-3)31-21(33)19-11-18(32-37-19)13-4-7-15(8-5-13)29-23(35)30-17-9-6-14(10-16(17)25)24(26,27)28/h4-12,20H,1-3H3,(H,31,33)(H2,29,30,35). The third-order valence-corrected chi connectivity index (χ3v) is 5.44. The second kappa shape index (κ2) is 11.3. The largest absolute Gasteiger partial charge is 0.467 e. The smallest absolute Gasteiger partial charge is 0.416 e. The number of nitrogens with one attached hydrogen (secondary N) is 3. The summed E-state index contributed by atoms with van der Waals surface area (Å²) >= 11 is 5.85. The van der Waals surface area contributed by atoms with Gasteiger partial charge in [0.15, 0.2) is 0 Å². The van der Waals surface area contributed by atoms with Crippen LogP contribution in [0.2, 0.25) is 5.02 Å². The summed E-state index contributed by atoms with van der Waals surface area (Å²) in [6, 6.07) is 8.69. The Bertz CT molecular complexity index is 1290. The van der Waals surface area contributed by atoms with E-state index < -0.39 is 35.7 Å². The molecule has 37 heavy (non-hydrogen) atoms. The van der Waals surface area contributed by atoms with E-state index in [9.17, 15) is 27.6 Å². The normalized spacial score (nSPS) is 12.1. The van der Waals surface area contributed by atoms with Crippen LogP contribution in [0.25, 0.3) is 11.3 Å². The highest BCUT2D eigenvalue weighted by Crippen LogP contribution is 2.33. The van der Waals surface area contributed by atoms with E-state index in [0.29, 0.717) is 16.9 Å². The summed E-state index contributed by atoms with van der Waals surface area (Å²) in [6.07, 6.45) is -4.56. The molecule has 196 valence electrons. The van der Waals surface area contributed by atoms with Crippen molar-refractivity contribution < 1.29 is 36.8 Å². The predicted molar refractivity (Wildman–Crippen MR) is 129 cm³/mol. The number of hydrogen-bond acceptors (Lipinski definition) is 6. The van der Waals surface area contributed by atoms with Crippen molar-refractivity contribution in [2.24, 2.45) is 5.92 Å².